The van der Waals surface area contributed by atoms with Crippen molar-refractivity contribution < 1.29 is 14.7 Å². The Morgan fingerprint density at radius 2 is 1.85 bits per heavy atom. The van der Waals surface area contributed by atoms with Gasteiger partial charge in [0.05, 0.1) is 0 Å². The Bertz CT molecular complexity index is 381. The molecule has 1 atom stereocenters. The predicted octanol–water partition coefficient (Wildman–Crippen LogP) is 2.98. The average Bonchev–Trinajstić information content (AvgIpc) is 2.65. The normalized spacial score (nSPS) is 24.1. The molecule has 112 valence electrons. The minimum Gasteiger partial charge on any atom is -0.481 e. The highest BCUT2D eigenvalue weighted by Crippen LogP contribution is 2.24. The first-order valence-electron chi connectivity index (χ1n) is 7.85. The molecule has 1 heterocycles. The molecule has 1 saturated carbocycles. The van der Waals surface area contributed by atoms with Crippen molar-refractivity contribution >= 4 is 11.9 Å². The minimum atomic E-state index is -0.723. The highest BCUT2D eigenvalue weighted by Gasteiger charge is 2.21. The van der Waals surface area contributed by atoms with Crippen LogP contribution < -0.4 is 0 Å². The predicted molar refractivity (Wildman–Crippen MR) is 77.3 cm³/mol. The molecular formula is C16H25NO3. The number of hydrogen-bond donors (Lipinski definition) is 1. The second kappa shape index (κ2) is 7.46. The van der Waals surface area contributed by atoms with Crippen molar-refractivity contribution in [2.75, 3.05) is 13.1 Å². The van der Waals surface area contributed by atoms with Gasteiger partial charge in [-0.3, -0.25) is 9.59 Å². The van der Waals surface area contributed by atoms with Crippen LogP contribution in [0.15, 0.2) is 11.6 Å². The van der Waals surface area contributed by atoms with Gasteiger partial charge in [0.1, 0.15) is 0 Å². The van der Waals surface area contributed by atoms with E-state index in [1.54, 1.807) is 0 Å². The Labute approximate surface area is 120 Å². The molecule has 2 fully saturated rings. The van der Waals surface area contributed by atoms with Crippen LogP contribution in [0.2, 0.25) is 0 Å². The van der Waals surface area contributed by atoms with Crippen molar-refractivity contribution in [3.8, 4) is 0 Å². The Kier molecular flexibility index (Phi) is 5.62. The SMILES string of the molecule is O=C(O)C[C@H]1CCCN(C(=O)C=C2CCCCC2)CC1. The summed E-state index contributed by atoms with van der Waals surface area (Å²) in [6.07, 6.45) is 10.6. The van der Waals surface area contributed by atoms with Crippen LogP contribution in [0.3, 0.4) is 0 Å². The lowest BCUT2D eigenvalue weighted by atomic mass is 9.94. The van der Waals surface area contributed by atoms with Crippen LogP contribution >= 0.6 is 0 Å². The van der Waals surface area contributed by atoms with Crippen molar-refractivity contribution in [1.29, 1.82) is 0 Å². The molecule has 1 N–H and O–H groups in total. The molecule has 0 aromatic rings. The van der Waals surface area contributed by atoms with E-state index in [1.165, 1.54) is 24.8 Å². The number of hydrogen-bond acceptors (Lipinski definition) is 2. The molecule has 1 aliphatic carbocycles. The molecule has 1 amide bonds. The van der Waals surface area contributed by atoms with Gasteiger partial charge in [0, 0.05) is 25.6 Å². The molecule has 4 nitrogen and oxygen atoms in total. The van der Waals surface area contributed by atoms with Crippen LogP contribution in [0.25, 0.3) is 0 Å². The third-order valence-electron chi connectivity index (χ3n) is 4.45. The van der Waals surface area contributed by atoms with E-state index in [4.69, 9.17) is 5.11 Å². The fraction of sp³-hybridized carbons (Fsp3) is 0.750. The molecule has 1 saturated heterocycles. The van der Waals surface area contributed by atoms with Crippen LogP contribution in [0.1, 0.15) is 57.8 Å². The summed E-state index contributed by atoms with van der Waals surface area (Å²) in [6.45, 7) is 1.49. The summed E-state index contributed by atoms with van der Waals surface area (Å²) in [4.78, 5) is 25.0. The van der Waals surface area contributed by atoms with E-state index in [2.05, 4.69) is 0 Å². The van der Waals surface area contributed by atoms with Gasteiger partial charge in [0.25, 0.3) is 0 Å². The van der Waals surface area contributed by atoms with Crippen LogP contribution in [-0.2, 0) is 9.59 Å². The van der Waals surface area contributed by atoms with E-state index in [9.17, 15) is 9.59 Å². The maximum absolute atomic E-state index is 12.3. The van der Waals surface area contributed by atoms with Crippen molar-refractivity contribution in [2.45, 2.75) is 57.8 Å². The molecule has 0 bridgehead atoms. The van der Waals surface area contributed by atoms with E-state index >= 15 is 0 Å². The number of allylic oxidation sites excluding steroid dienone is 1. The minimum absolute atomic E-state index is 0.137. The number of rotatable bonds is 3. The first-order valence-corrected chi connectivity index (χ1v) is 7.85. The van der Waals surface area contributed by atoms with Gasteiger partial charge in [-0.05, 0) is 50.9 Å². The van der Waals surface area contributed by atoms with Gasteiger partial charge in [-0.25, -0.2) is 0 Å². The molecule has 20 heavy (non-hydrogen) atoms. The van der Waals surface area contributed by atoms with Crippen LogP contribution in [-0.4, -0.2) is 35.0 Å². The standard InChI is InChI=1S/C16H25NO3/c18-15(11-13-5-2-1-3-6-13)17-9-4-7-14(8-10-17)12-16(19)20/h11,14H,1-10,12H2,(H,19,20)/t14-/m0/s1. The summed E-state index contributed by atoms with van der Waals surface area (Å²) in [5.74, 6) is -0.357. The molecule has 0 spiro atoms. The Balaban J connectivity index is 1.86. The number of likely N-dealkylation sites (tertiary alicyclic amines) is 1. The fourth-order valence-corrected chi connectivity index (χ4v) is 3.25. The van der Waals surface area contributed by atoms with Gasteiger partial charge < -0.3 is 10.0 Å². The number of carbonyl (C=O) groups excluding carboxylic acids is 1. The van der Waals surface area contributed by atoms with Gasteiger partial charge in [0.2, 0.25) is 5.91 Å². The zero-order valence-electron chi connectivity index (χ0n) is 12.1. The summed E-state index contributed by atoms with van der Waals surface area (Å²) in [5, 5.41) is 8.86. The first kappa shape index (κ1) is 15.1. The third-order valence-corrected chi connectivity index (χ3v) is 4.45. The van der Waals surface area contributed by atoms with Gasteiger partial charge in [0.15, 0.2) is 0 Å². The van der Waals surface area contributed by atoms with Crippen molar-refractivity contribution in [3.63, 3.8) is 0 Å². The number of amides is 1. The zero-order valence-corrected chi connectivity index (χ0v) is 12.1. The Hall–Kier alpha value is -1.32. The fourth-order valence-electron chi connectivity index (χ4n) is 3.25. The second-order valence-electron chi connectivity index (χ2n) is 6.08. The molecule has 0 radical (unpaired) electrons. The topological polar surface area (TPSA) is 57.6 Å². The summed E-state index contributed by atoms with van der Waals surface area (Å²) in [5.41, 5.74) is 1.30. The van der Waals surface area contributed by atoms with E-state index in [-0.39, 0.29) is 18.2 Å². The molecule has 2 aliphatic rings. The number of carboxylic acids is 1. The van der Waals surface area contributed by atoms with Crippen LogP contribution in [0.4, 0.5) is 0 Å². The summed E-state index contributed by atoms with van der Waals surface area (Å²) in [6, 6.07) is 0. The van der Waals surface area contributed by atoms with Crippen LogP contribution in [0.5, 0.6) is 0 Å². The number of nitrogens with zero attached hydrogens (tertiary/aromatic N) is 1. The van der Waals surface area contributed by atoms with Gasteiger partial charge in [-0.2, -0.15) is 0 Å². The molecule has 2 rings (SSSR count). The second-order valence-corrected chi connectivity index (χ2v) is 6.08. The molecule has 1 aliphatic heterocycles. The largest absolute Gasteiger partial charge is 0.481 e. The van der Waals surface area contributed by atoms with Gasteiger partial charge in [-0.15, -0.1) is 0 Å². The number of carboxylic acid groups (broad SMARTS) is 1. The lowest BCUT2D eigenvalue weighted by Crippen LogP contribution is -2.31. The Morgan fingerprint density at radius 1 is 1.10 bits per heavy atom. The molecule has 0 aromatic heterocycles. The average molecular weight is 279 g/mol. The smallest absolute Gasteiger partial charge is 0.303 e. The van der Waals surface area contributed by atoms with E-state index in [1.807, 2.05) is 11.0 Å². The van der Waals surface area contributed by atoms with Gasteiger partial charge in [-0.1, -0.05) is 12.0 Å². The lowest BCUT2D eigenvalue weighted by Gasteiger charge is -2.20. The van der Waals surface area contributed by atoms with Crippen LogP contribution in [0, 0.1) is 5.92 Å². The maximum Gasteiger partial charge on any atom is 0.303 e. The molecule has 0 unspecified atom stereocenters. The Morgan fingerprint density at radius 3 is 2.55 bits per heavy atom. The van der Waals surface area contributed by atoms with E-state index in [0.717, 1.165) is 38.6 Å². The van der Waals surface area contributed by atoms with E-state index in [0.29, 0.717) is 6.54 Å². The number of aliphatic carboxylic acids is 1. The van der Waals surface area contributed by atoms with Gasteiger partial charge >= 0.3 is 5.97 Å². The summed E-state index contributed by atoms with van der Waals surface area (Å²) >= 11 is 0. The summed E-state index contributed by atoms with van der Waals surface area (Å²) in [7, 11) is 0. The lowest BCUT2D eigenvalue weighted by molar-refractivity contribution is -0.138. The van der Waals surface area contributed by atoms with Crippen molar-refractivity contribution in [3.05, 3.63) is 11.6 Å². The number of carbonyl (C=O) groups is 2. The zero-order chi connectivity index (χ0) is 14.4. The quantitative estimate of drug-likeness (QED) is 0.808. The monoisotopic (exact) mass is 279 g/mol. The first-order chi connectivity index (χ1) is 9.65. The van der Waals surface area contributed by atoms with Crippen molar-refractivity contribution in [1.82, 2.24) is 4.90 Å². The highest BCUT2D eigenvalue weighted by atomic mass is 16.4. The molecular weight excluding hydrogens is 254 g/mol. The maximum atomic E-state index is 12.3. The van der Waals surface area contributed by atoms with Crippen molar-refractivity contribution in [2.24, 2.45) is 5.92 Å². The molecule has 0 aromatic carbocycles. The third kappa shape index (κ3) is 4.66. The van der Waals surface area contributed by atoms with E-state index < -0.39 is 5.97 Å². The molecule has 4 heteroatoms. The highest BCUT2D eigenvalue weighted by molar-refractivity contribution is 5.88. The summed E-state index contributed by atoms with van der Waals surface area (Å²) < 4.78 is 0.